The lowest BCUT2D eigenvalue weighted by Gasteiger charge is -2.58. The van der Waals surface area contributed by atoms with Gasteiger partial charge in [-0.2, -0.15) is 0 Å². The van der Waals surface area contributed by atoms with Crippen LogP contribution in [0, 0.1) is 26.9 Å². The van der Waals surface area contributed by atoms with Crippen LogP contribution in [-0.4, -0.2) is 95.9 Å². The third-order valence-corrected chi connectivity index (χ3v) is 16.6. The normalized spacial score (nSPS) is 20.5. The number of amides is 1. The van der Waals surface area contributed by atoms with Gasteiger partial charge in [0.1, 0.15) is 22.0 Å². The quantitative estimate of drug-likeness (QED) is 0.0710. The topological polar surface area (TPSA) is 179 Å². The molecule has 3 aromatic heterocycles. The molecule has 67 heavy (non-hydrogen) atoms. The second-order valence-electron chi connectivity index (χ2n) is 20.6. The Morgan fingerprint density at radius 3 is 2.46 bits per heavy atom. The number of sulfonamides is 1. The fourth-order valence-corrected chi connectivity index (χ4v) is 12.0. The maximum Gasteiger partial charge on any atom is 0.312 e. The van der Waals surface area contributed by atoms with Crippen LogP contribution in [0.5, 0.6) is 11.5 Å². The molecule has 0 unspecified atom stereocenters. The van der Waals surface area contributed by atoms with Gasteiger partial charge in [-0.05, 0) is 116 Å². The Hall–Kier alpha value is -5.58. The molecule has 1 spiro atoms. The lowest BCUT2D eigenvalue weighted by molar-refractivity contribution is -0.384. The van der Waals surface area contributed by atoms with Gasteiger partial charge in [-0.1, -0.05) is 58.9 Å². The molecule has 5 heterocycles. The summed E-state index contributed by atoms with van der Waals surface area (Å²) in [5.74, 6) is 0.351. The number of nitrogens with zero attached hydrogens (tertiary/aromatic N) is 6. The molecule has 2 aromatic carbocycles. The van der Waals surface area contributed by atoms with Gasteiger partial charge in [0, 0.05) is 80.8 Å². The Bertz CT molecular complexity index is 2710. The first-order chi connectivity index (χ1) is 32.1. The highest BCUT2D eigenvalue weighted by atomic mass is 32.2. The summed E-state index contributed by atoms with van der Waals surface area (Å²) in [4.78, 5) is 44.4. The Morgan fingerprint density at radius 2 is 1.73 bits per heavy atom. The Labute approximate surface area is 394 Å². The Balaban J connectivity index is 0.899. The molecule has 2 aliphatic heterocycles. The van der Waals surface area contributed by atoms with E-state index >= 15 is 0 Å². The standard InChI is InChI=1S/C51H65N9O6S/c1-6-57-23-24-59(45(33-57)42-10-8-7-9-41(42)34(2)3)38-28-51(29-38)18-21-58(22-19-51)37-11-12-43(46(26-37)66-39-25-36-15-20-52-47(36)54-31-39)49(61)56-67(64,65)40-27-44(60(62)63)48(55-32-40)53-30-35-13-16-50(4,5)17-14-35/h7-12,15,20,25-27,31-32,34-35,38,45H,6,13-14,16-19,21-24,28-30,33H2,1-5H3,(H,52,54)(H,53,55)(H,56,61)/t45-/m1/s1. The lowest BCUT2D eigenvalue weighted by atomic mass is 9.59. The fraction of sp³-hybridized carbons (Fsp3) is 0.510. The van der Waals surface area contributed by atoms with Crippen molar-refractivity contribution in [3.05, 3.63) is 106 Å². The van der Waals surface area contributed by atoms with E-state index in [0.717, 1.165) is 101 Å². The van der Waals surface area contributed by atoms with Gasteiger partial charge < -0.3 is 24.8 Å². The van der Waals surface area contributed by atoms with Gasteiger partial charge in [0.05, 0.1) is 22.9 Å². The number of hydrogen-bond donors (Lipinski definition) is 3. The van der Waals surface area contributed by atoms with E-state index in [1.165, 1.54) is 24.0 Å². The van der Waals surface area contributed by atoms with E-state index in [1.54, 1.807) is 30.6 Å². The van der Waals surface area contributed by atoms with Crippen LogP contribution in [0.4, 0.5) is 17.2 Å². The van der Waals surface area contributed by atoms with Crippen molar-refractivity contribution in [3.63, 3.8) is 0 Å². The first-order valence-electron chi connectivity index (χ1n) is 24.1. The monoisotopic (exact) mass is 931 g/mol. The molecule has 15 nitrogen and oxygen atoms in total. The number of aromatic nitrogens is 3. The van der Waals surface area contributed by atoms with E-state index in [9.17, 15) is 23.3 Å². The number of nitrogens with one attached hydrogen (secondary N) is 3. The number of carbonyl (C=O) groups is 1. The molecular formula is C51H65N9O6S. The number of fused-ring (bicyclic) bond motifs is 1. The van der Waals surface area contributed by atoms with Crippen molar-refractivity contribution in [3.8, 4) is 11.5 Å². The molecule has 2 saturated heterocycles. The minimum absolute atomic E-state index is 0.0116. The SMILES string of the molecule is CCN1CCN(C2CC3(CCN(c4ccc(C(=O)NS(=O)(=O)c5cnc(NCC6CCC(C)(C)CC6)c([N+](=O)[O-])c5)c(Oc5cnc6[nH]ccc6c5)c4)CC3)C2)[C@@H](c2ccccc2C(C)C)C1. The van der Waals surface area contributed by atoms with E-state index in [0.29, 0.717) is 41.9 Å². The van der Waals surface area contributed by atoms with Crippen LogP contribution >= 0.6 is 0 Å². The number of likely N-dealkylation sites (N-methyl/N-ethyl adjacent to an activating group) is 1. The van der Waals surface area contributed by atoms with Crippen LogP contribution in [0.2, 0.25) is 0 Å². The zero-order valence-electron chi connectivity index (χ0n) is 39.5. The molecule has 4 aliphatic rings. The van der Waals surface area contributed by atoms with Gasteiger partial charge in [0.2, 0.25) is 5.82 Å². The Kier molecular flexibility index (Phi) is 13.1. The minimum Gasteiger partial charge on any atom is -0.455 e. The molecule has 5 aromatic rings. The number of benzene rings is 2. The van der Waals surface area contributed by atoms with Crippen molar-refractivity contribution in [1.82, 2.24) is 29.5 Å². The number of pyridine rings is 2. The smallest absolute Gasteiger partial charge is 0.312 e. The molecule has 2 saturated carbocycles. The van der Waals surface area contributed by atoms with E-state index in [-0.39, 0.29) is 28.0 Å². The summed E-state index contributed by atoms with van der Waals surface area (Å²) in [7, 11) is -4.60. The highest BCUT2D eigenvalue weighted by Crippen LogP contribution is 2.53. The molecule has 9 rings (SSSR count). The molecule has 2 aliphatic carbocycles. The van der Waals surface area contributed by atoms with Crippen LogP contribution < -0.4 is 19.7 Å². The Morgan fingerprint density at radius 1 is 0.970 bits per heavy atom. The first kappa shape index (κ1) is 46.5. The lowest BCUT2D eigenvalue weighted by Crippen LogP contribution is -2.60. The second-order valence-corrected chi connectivity index (χ2v) is 22.3. The van der Waals surface area contributed by atoms with Crippen molar-refractivity contribution in [2.45, 2.75) is 109 Å². The van der Waals surface area contributed by atoms with E-state index in [2.05, 4.69) is 98.6 Å². The summed E-state index contributed by atoms with van der Waals surface area (Å²) < 4.78 is 36.0. The summed E-state index contributed by atoms with van der Waals surface area (Å²) in [5, 5.41) is 16.1. The second kappa shape index (κ2) is 18.8. The predicted octanol–water partition coefficient (Wildman–Crippen LogP) is 9.66. The fourth-order valence-electron chi connectivity index (χ4n) is 11.1. The van der Waals surface area contributed by atoms with Crippen molar-refractivity contribution >= 4 is 44.2 Å². The molecule has 1 amide bonds. The number of hydrogen-bond acceptors (Lipinski definition) is 12. The molecule has 3 N–H and O–H groups in total. The number of piperazine rings is 1. The maximum absolute atomic E-state index is 14.0. The molecule has 0 radical (unpaired) electrons. The molecule has 1 atom stereocenters. The third-order valence-electron chi connectivity index (χ3n) is 15.3. The highest BCUT2D eigenvalue weighted by molar-refractivity contribution is 7.90. The van der Waals surface area contributed by atoms with E-state index in [4.69, 9.17) is 4.74 Å². The third kappa shape index (κ3) is 10.0. The summed E-state index contributed by atoms with van der Waals surface area (Å²) in [5.41, 5.74) is 4.50. The van der Waals surface area contributed by atoms with Crippen LogP contribution in [-0.2, 0) is 10.0 Å². The van der Waals surface area contributed by atoms with Crippen molar-refractivity contribution in [2.75, 3.05) is 56.0 Å². The first-order valence-corrected chi connectivity index (χ1v) is 25.6. The molecule has 4 fully saturated rings. The van der Waals surface area contributed by atoms with Gasteiger partial charge in [0.15, 0.2) is 0 Å². The number of rotatable bonds is 14. The number of H-pyrrole nitrogens is 1. The summed E-state index contributed by atoms with van der Waals surface area (Å²) in [6.45, 7) is 17.8. The zero-order valence-corrected chi connectivity index (χ0v) is 40.3. The summed E-state index contributed by atoms with van der Waals surface area (Å²) >= 11 is 0. The highest BCUT2D eigenvalue weighted by Gasteiger charge is 2.50. The number of anilines is 2. The van der Waals surface area contributed by atoms with Crippen molar-refractivity contribution < 1.29 is 22.9 Å². The average molecular weight is 932 g/mol. The molecule has 16 heteroatoms. The number of nitro groups is 1. The van der Waals surface area contributed by atoms with Crippen LogP contribution in [0.1, 0.15) is 119 Å². The maximum atomic E-state index is 14.0. The van der Waals surface area contributed by atoms with Gasteiger partial charge in [-0.15, -0.1) is 0 Å². The molecule has 0 bridgehead atoms. The molecular weight excluding hydrogens is 867 g/mol. The van der Waals surface area contributed by atoms with Gasteiger partial charge in [-0.25, -0.2) is 23.1 Å². The van der Waals surface area contributed by atoms with Crippen LogP contribution in [0.25, 0.3) is 11.0 Å². The number of aromatic amines is 1. The summed E-state index contributed by atoms with van der Waals surface area (Å²) in [6, 6.07) is 19.7. The number of ether oxygens (including phenoxy) is 1. The van der Waals surface area contributed by atoms with Crippen LogP contribution in [0.15, 0.2) is 84.1 Å². The number of piperidine rings is 1. The van der Waals surface area contributed by atoms with Crippen molar-refractivity contribution in [2.24, 2.45) is 16.7 Å². The van der Waals surface area contributed by atoms with Gasteiger partial charge in [-0.3, -0.25) is 19.8 Å². The van der Waals surface area contributed by atoms with E-state index < -0.39 is 31.4 Å². The molecule has 356 valence electrons. The van der Waals surface area contributed by atoms with Gasteiger partial charge >= 0.3 is 5.69 Å². The average Bonchev–Trinajstić information content (AvgIpc) is 3.78. The largest absolute Gasteiger partial charge is 0.455 e. The zero-order chi connectivity index (χ0) is 47.1. The summed E-state index contributed by atoms with van der Waals surface area (Å²) in [6.07, 6.45) is 12.9. The van der Waals surface area contributed by atoms with Gasteiger partial charge in [0.25, 0.3) is 15.9 Å². The van der Waals surface area contributed by atoms with E-state index in [1.807, 2.05) is 12.1 Å². The number of carbonyl (C=O) groups excluding carboxylic acids is 1. The van der Waals surface area contributed by atoms with Crippen LogP contribution in [0.3, 0.4) is 0 Å². The minimum atomic E-state index is -4.60. The van der Waals surface area contributed by atoms with Crippen molar-refractivity contribution in [1.29, 1.82) is 0 Å². The predicted molar refractivity (Wildman–Crippen MR) is 261 cm³/mol.